The number of fused-ring (bicyclic) bond motifs is 3. The van der Waals surface area contributed by atoms with Gasteiger partial charge in [0.15, 0.2) is 0 Å². The largest absolute Gasteiger partial charge is 0.462 e. The summed E-state index contributed by atoms with van der Waals surface area (Å²) in [5.41, 5.74) is 5.37. The number of benzene rings is 3. The van der Waals surface area contributed by atoms with Crippen LogP contribution in [0, 0.1) is 5.92 Å². The number of likely N-dealkylation sites (tertiary alicyclic amines) is 1. The van der Waals surface area contributed by atoms with Crippen LogP contribution in [0.1, 0.15) is 61.1 Å². The molecule has 3 aromatic rings. The van der Waals surface area contributed by atoms with E-state index in [1.807, 2.05) is 78.9 Å². The Kier molecular flexibility index (Phi) is 11.6. The van der Waals surface area contributed by atoms with E-state index in [0.29, 0.717) is 25.8 Å². The normalized spacial score (nSPS) is 22.6. The monoisotopic (exact) mass is 679 g/mol. The highest BCUT2D eigenvalue weighted by atomic mass is 16.6. The Hall–Kier alpha value is -4.96. The fraction of sp³-hybridized carbons (Fsp3) is 0.400. The van der Waals surface area contributed by atoms with Crippen molar-refractivity contribution in [2.24, 2.45) is 5.92 Å². The maximum atomic E-state index is 13.7. The van der Waals surface area contributed by atoms with Gasteiger partial charge in [-0.15, -0.1) is 0 Å². The van der Waals surface area contributed by atoms with E-state index in [-0.39, 0.29) is 56.4 Å². The van der Waals surface area contributed by atoms with Crippen LogP contribution < -0.4 is 10.6 Å². The van der Waals surface area contributed by atoms with E-state index in [2.05, 4.69) is 22.8 Å². The molecule has 50 heavy (non-hydrogen) atoms. The molecule has 1 aliphatic carbocycles. The quantitative estimate of drug-likeness (QED) is 0.228. The number of nitrogens with one attached hydrogen (secondary N) is 2. The van der Waals surface area contributed by atoms with Gasteiger partial charge in [0.25, 0.3) is 0 Å². The Morgan fingerprint density at radius 3 is 2.34 bits per heavy atom. The fourth-order valence-corrected chi connectivity index (χ4v) is 7.29. The first-order chi connectivity index (χ1) is 24.4. The molecule has 2 aliphatic heterocycles. The molecule has 3 aromatic carbocycles. The van der Waals surface area contributed by atoms with Gasteiger partial charge in [-0.2, -0.15) is 0 Å². The van der Waals surface area contributed by atoms with Crippen molar-refractivity contribution in [3.05, 3.63) is 108 Å². The van der Waals surface area contributed by atoms with E-state index in [1.165, 1.54) is 0 Å². The summed E-state index contributed by atoms with van der Waals surface area (Å²) in [6.07, 6.45) is 6.00. The zero-order chi connectivity index (χ0) is 34.9. The molecule has 4 atom stereocenters. The van der Waals surface area contributed by atoms with E-state index in [9.17, 15) is 24.3 Å². The van der Waals surface area contributed by atoms with E-state index in [0.717, 1.165) is 40.7 Å². The van der Waals surface area contributed by atoms with Gasteiger partial charge in [0, 0.05) is 18.9 Å². The number of carbonyl (C=O) groups excluding carboxylic acids is 4. The second kappa shape index (κ2) is 16.6. The minimum atomic E-state index is -0.966. The zero-order valence-corrected chi connectivity index (χ0v) is 28.2. The SMILES string of the molecule is O=C(N[C@H]1CCC=CC[C@H](CC(=O)N2CCC[C@H]2CO)C(=O)N[C@@H](Cc2ccccc2)COC1=O)OCC1c2ccccc2-c2ccccc21. The minimum Gasteiger partial charge on any atom is -0.462 e. The van der Waals surface area contributed by atoms with Crippen molar-refractivity contribution < 1.29 is 33.8 Å². The molecule has 6 rings (SSSR count). The first-order valence-corrected chi connectivity index (χ1v) is 17.6. The zero-order valence-electron chi connectivity index (χ0n) is 28.2. The van der Waals surface area contributed by atoms with Gasteiger partial charge in [-0.25, -0.2) is 9.59 Å². The molecule has 0 unspecified atom stereocenters. The molecule has 0 bridgehead atoms. The number of carbonyl (C=O) groups is 4. The van der Waals surface area contributed by atoms with Gasteiger partial charge in [-0.1, -0.05) is 91.0 Å². The molecule has 3 N–H and O–H groups in total. The molecule has 3 aliphatic rings. The smallest absolute Gasteiger partial charge is 0.407 e. The van der Waals surface area contributed by atoms with Crippen molar-refractivity contribution in [3.63, 3.8) is 0 Å². The van der Waals surface area contributed by atoms with Crippen LogP contribution in [-0.2, 0) is 30.3 Å². The summed E-state index contributed by atoms with van der Waals surface area (Å²) >= 11 is 0. The fourth-order valence-electron chi connectivity index (χ4n) is 7.29. The first-order valence-electron chi connectivity index (χ1n) is 17.6. The second-order valence-electron chi connectivity index (χ2n) is 13.3. The number of ether oxygens (including phenoxy) is 2. The van der Waals surface area contributed by atoms with E-state index < -0.39 is 30.1 Å². The lowest BCUT2D eigenvalue weighted by atomic mass is 9.97. The third kappa shape index (κ3) is 8.42. The second-order valence-corrected chi connectivity index (χ2v) is 13.3. The van der Waals surface area contributed by atoms with Crippen molar-refractivity contribution in [2.75, 3.05) is 26.4 Å². The molecule has 1 fully saturated rings. The summed E-state index contributed by atoms with van der Waals surface area (Å²) in [7, 11) is 0. The summed E-state index contributed by atoms with van der Waals surface area (Å²) < 4.78 is 11.5. The molecule has 10 heteroatoms. The molecule has 10 nitrogen and oxygen atoms in total. The van der Waals surface area contributed by atoms with Crippen LogP contribution in [0.3, 0.4) is 0 Å². The van der Waals surface area contributed by atoms with Gasteiger partial charge in [-0.3, -0.25) is 9.59 Å². The molecule has 262 valence electrons. The van der Waals surface area contributed by atoms with Gasteiger partial charge < -0.3 is 30.1 Å². The van der Waals surface area contributed by atoms with Crippen molar-refractivity contribution in [3.8, 4) is 11.1 Å². The summed E-state index contributed by atoms with van der Waals surface area (Å²) in [6.45, 7) is 0.468. The summed E-state index contributed by atoms with van der Waals surface area (Å²) in [4.78, 5) is 55.2. The Bertz CT molecular complexity index is 1650. The number of alkyl carbamates (subject to hydrolysis) is 1. The van der Waals surface area contributed by atoms with Gasteiger partial charge in [0.2, 0.25) is 11.8 Å². The number of rotatable bonds is 8. The van der Waals surface area contributed by atoms with E-state index >= 15 is 0 Å². The Morgan fingerprint density at radius 1 is 0.920 bits per heavy atom. The van der Waals surface area contributed by atoms with Crippen molar-refractivity contribution in [1.82, 2.24) is 15.5 Å². The molecule has 0 saturated carbocycles. The predicted octanol–water partition coefficient (Wildman–Crippen LogP) is 4.89. The maximum absolute atomic E-state index is 13.7. The Morgan fingerprint density at radius 2 is 1.62 bits per heavy atom. The number of aliphatic hydroxyl groups is 1. The van der Waals surface area contributed by atoms with E-state index in [1.54, 1.807) is 4.90 Å². The van der Waals surface area contributed by atoms with Crippen LogP contribution in [0.25, 0.3) is 11.1 Å². The highest BCUT2D eigenvalue weighted by molar-refractivity contribution is 5.86. The van der Waals surface area contributed by atoms with Crippen LogP contribution in [0.4, 0.5) is 4.79 Å². The third-order valence-corrected chi connectivity index (χ3v) is 9.93. The van der Waals surface area contributed by atoms with Crippen molar-refractivity contribution in [2.45, 2.75) is 69.0 Å². The number of esters is 1. The number of aliphatic hydroxyl groups excluding tert-OH is 1. The number of cyclic esters (lactones) is 1. The number of hydrogen-bond acceptors (Lipinski definition) is 7. The standard InChI is InChI=1S/C40H45N3O7/c44-24-30-15-11-21-43(30)37(45)23-28-14-5-2-6-20-36(39(47)49-25-29(41-38(28)46)22-27-12-3-1-4-13-27)42-40(48)50-26-35-33-18-9-7-16-31(33)32-17-8-10-19-34(32)35/h1-5,7-10,12-13,16-19,28-30,35-36,44H,6,11,14-15,20-26H2,(H,41,46)(H,42,48)/t28-,29+,30+,36+/m1/s1. The summed E-state index contributed by atoms with van der Waals surface area (Å²) in [6, 6.07) is 24.0. The number of allylic oxidation sites excluding steroid dienone is 2. The van der Waals surface area contributed by atoms with Crippen LogP contribution in [0.5, 0.6) is 0 Å². The van der Waals surface area contributed by atoms with Gasteiger partial charge in [-0.05, 0) is 66.3 Å². The molecule has 2 heterocycles. The lowest BCUT2D eigenvalue weighted by molar-refractivity contribution is -0.147. The van der Waals surface area contributed by atoms with Crippen molar-refractivity contribution >= 4 is 23.9 Å². The first kappa shape index (κ1) is 34.9. The minimum absolute atomic E-state index is 0.0104. The van der Waals surface area contributed by atoms with Gasteiger partial charge >= 0.3 is 12.1 Å². The highest BCUT2D eigenvalue weighted by Gasteiger charge is 2.33. The molecule has 0 spiro atoms. The Labute approximate surface area is 292 Å². The van der Waals surface area contributed by atoms with Crippen LogP contribution >= 0.6 is 0 Å². The molecule has 0 aromatic heterocycles. The summed E-state index contributed by atoms with van der Waals surface area (Å²) in [5.74, 6) is -1.83. The number of nitrogens with zero attached hydrogens (tertiary/aromatic N) is 1. The average Bonchev–Trinajstić information content (AvgIpc) is 3.75. The molecular weight excluding hydrogens is 634 g/mol. The third-order valence-electron chi connectivity index (χ3n) is 9.93. The number of hydrogen-bond donors (Lipinski definition) is 3. The topological polar surface area (TPSA) is 134 Å². The van der Waals surface area contributed by atoms with Crippen molar-refractivity contribution in [1.29, 1.82) is 0 Å². The van der Waals surface area contributed by atoms with Gasteiger partial charge in [0.1, 0.15) is 19.3 Å². The number of amides is 3. The van der Waals surface area contributed by atoms with Crippen LogP contribution in [0.2, 0.25) is 0 Å². The molecule has 3 amide bonds. The average molecular weight is 680 g/mol. The lowest BCUT2D eigenvalue weighted by Crippen LogP contribution is -2.47. The molecule has 1 saturated heterocycles. The summed E-state index contributed by atoms with van der Waals surface area (Å²) in [5, 5.41) is 15.5. The lowest BCUT2D eigenvalue weighted by Gasteiger charge is -2.26. The maximum Gasteiger partial charge on any atom is 0.407 e. The van der Waals surface area contributed by atoms with E-state index in [4.69, 9.17) is 9.47 Å². The van der Waals surface area contributed by atoms with Crippen LogP contribution in [0.15, 0.2) is 91.0 Å². The molecule has 0 radical (unpaired) electrons. The molecular formula is C40H45N3O7. The highest BCUT2D eigenvalue weighted by Crippen LogP contribution is 2.44. The predicted molar refractivity (Wildman–Crippen MR) is 188 cm³/mol. The van der Waals surface area contributed by atoms with Crippen LogP contribution in [-0.4, -0.2) is 78.4 Å². The Balaban J connectivity index is 1.13. The van der Waals surface area contributed by atoms with Gasteiger partial charge in [0.05, 0.1) is 24.6 Å².